The average Bonchev–Trinajstić information content (AvgIpc) is 2.51. The van der Waals surface area contributed by atoms with Gasteiger partial charge in [0, 0.05) is 18.3 Å². The molecule has 0 amide bonds. The van der Waals surface area contributed by atoms with Crippen LogP contribution < -0.4 is 4.43 Å². The Morgan fingerprint density at radius 3 is 2.24 bits per heavy atom. The zero-order chi connectivity index (χ0) is 18.5. The largest absolute Gasteiger partial charge is 0.544 e. The fourth-order valence-corrected chi connectivity index (χ4v) is 3.51. The Labute approximate surface area is 154 Å². The maximum atomic E-state index is 6.45. The first-order valence-electron chi connectivity index (χ1n) is 9.03. The zero-order valence-electron chi connectivity index (χ0n) is 16.5. The van der Waals surface area contributed by atoms with Crippen molar-refractivity contribution < 1.29 is 4.43 Å². The lowest BCUT2D eigenvalue weighted by atomic mass is 9.85. The topological polar surface area (TPSA) is 21.6 Å². The minimum Gasteiger partial charge on any atom is -0.544 e. The molecule has 0 aliphatic carbocycles. The third kappa shape index (κ3) is 6.17. The smallest absolute Gasteiger partial charge is 0.242 e. The molecule has 0 N–H and O–H groups in total. The van der Waals surface area contributed by atoms with Gasteiger partial charge >= 0.3 is 0 Å². The number of aliphatic imine (C=N–C) groups is 1. The van der Waals surface area contributed by atoms with Gasteiger partial charge in [-0.25, -0.2) is 0 Å². The van der Waals surface area contributed by atoms with Crippen molar-refractivity contribution in [3.8, 4) is 5.75 Å². The molecule has 0 fully saturated rings. The minimum atomic E-state index is -1.70. The van der Waals surface area contributed by atoms with Gasteiger partial charge < -0.3 is 4.43 Å². The van der Waals surface area contributed by atoms with Gasteiger partial charge in [0.25, 0.3) is 0 Å². The van der Waals surface area contributed by atoms with Crippen molar-refractivity contribution in [2.75, 3.05) is 6.54 Å². The van der Waals surface area contributed by atoms with E-state index in [1.807, 2.05) is 12.3 Å². The summed E-state index contributed by atoms with van der Waals surface area (Å²) in [6.45, 7) is 14.2. The first-order chi connectivity index (χ1) is 11.7. The summed E-state index contributed by atoms with van der Waals surface area (Å²) in [5, 5.41) is 0. The summed E-state index contributed by atoms with van der Waals surface area (Å²) >= 11 is 0. The van der Waals surface area contributed by atoms with Crippen LogP contribution >= 0.6 is 0 Å². The normalized spacial score (nSPS) is 12.6. The van der Waals surface area contributed by atoms with E-state index in [0.717, 1.165) is 24.3 Å². The molecule has 0 aliphatic rings. The second kappa shape index (κ2) is 8.00. The lowest BCUT2D eigenvalue weighted by Crippen LogP contribution is -2.31. The van der Waals surface area contributed by atoms with Crippen LogP contribution in [-0.4, -0.2) is 21.1 Å². The van der Waals surface area contributed by atoms with Crippen molar-refractivity contribution in [1.29, 1.82) is 0 Å². The Morgan fingerprint density at radius 1 is 0.960 bits per heavy atom. The third-order valence-electron chi connectivity index (χ3n) is 3.86. The van der Waals surface area contributed by atoms with Crippen molar-refractivity contribution in [3.63, 3.8) is 0 Å². The van der Waals surface area contributed by atoms with E-state index in [4.69, 9.17) is 4.43 Å². The molecule has 2 aromatic carbocycles. The quantitative estimate of drug-likeness (QED) is 0.471. The molecule has 2 nitrogen and oxygen atoms in total. The van der Waals surface area contributed by atoms with E-state index in [0.29, 0.717) is 0 Å². The molecule has 0 bridgehead atoms. The molecular formula is C22H31NOSi. The molecule has 2 aromatic rings. The first kappa shape index (κ1) is 19.5. The van der Waals surface area contributed by atoms with Gasteiger partial charge in [-0.1, -0.05) is 63.2 Å². The highest BCUT2D eigenvalue weighted by molar-refractivity contribution is 6.70. The summed E-state index contributed by atoms with van der Waals surface area (Å²) in [6.07, 6.45) is 2.94. The van der Waals surface area contributed by atoms with Gasteiger partial charge in [-0.15, -0.1) is 0 Å². The molecule has 0 atom stereocenters. The molecule has 0 heterocycles. The number of nitrogens with zero attached hydrogens (tertiary/aromatic N) is 1. The molecule has 0 aromatic heterocycles. The Morgan fingerprint density at radius 2 is 1.64 bits per heavy atom. The molecule has 134 valence electrons. The van der Waals surface area contributed by atoms with Crippen LogP contribution in [0.5, 0.6) is 5.75 Å². The van der Waals surface area contributed by atoms with Crippen LogP contribution in [-0.2, 0) is 11.8 Å². The second-order valence-corrected chi connectivity index (χ2v) is 12.9. The summed E-state index contributed by atoms with van der Waals surface area (Å²) in [4.78, 5) is 4.66. The molecule has 0 saturated carbocycles. The van der Waals surface area contributed by atoms with E-state index in [-0.39, 0.29) is 5.41 Å². The Kier molecular flexibility index (Phi) is 6.23. The number of hydrogen-bond acceptors (Lipinski definition) is 2. The lowest BCUT2D eigenvalue weighted by molar-refractivity contribution is 0.507. The number of para-hydroxylation sites is 1. The van der Waals surface area contributed by atoms with E-state index in [1.54, 1.807) is 0 Å². The van der Waals surface area contributed by atoms with Crippen LogP contribution in [0.25, 0.3) is 0 Å². The highest BCUT2D eigenvalue weighted by Gasteiger charge is 2.25. The predicted octanol–water partition coefficient (Wildman–Crippen LogP) is 5.86. The monoisotopic (exact) mass is 353 g/mol. The van der Waals surface area contributed by atoms with E-state index < -0.39 is 8.32 Å². The number of benzene rings is 2. The van der Waals surface area contributed by atoms with Crippen LogP contribution in [0.15, 0.2) is 53.5 Å². The lowest BCUT2D eigenvalue weighted by Gasteiger charge is -2.28. The zero-order valence-corrected chi connectivity index (χ0v) is 17.5. The van der Waals surface area contributed by atoms with Crippen LogP contribution in [0.2, 0.25) is 19.6 Å². The SMILES string of the molecule is CC(C)(C)c1cccc(C=NCCc2ccccc2)c1O[Si](C)(C)C. The minimum absolute atomic E-state index is 0.0445. The van der Waals surface area contributed by atoms with Crippen LogP contribution in [0.3, 0.4) is 0 Å². The highest BCUT2D eigenvalue weighted by atomic mass is 28.4. The van der Waals surface area contributed by atoms with Crippen molar-refractivity contribution in [2.24, 2.45) is 4.99 Å². The fraction of sp³-hybridized carbons (Fsp3) is 0.409. The van der Waals surface area contributed by atoms with E-state index in [1.165, 1.54) is 11.1 Å². The van der Waals surface area contributed by atoms with Gasteiger partial charge in [-0.2, -0.15) is 0 Å². The Bertz CT molecular complexity index is 709. The molecule has 25 heavy (non-hydrogen) atoms. The average molecular weight is 354 g/mol. The van der Waals surface area contributed by atoms with Gasteiger partial charge in [-0.05, 0) is 48.7 Å². The Balaban J connectivity index is 2.22. The summed E-state index contributed by atoms with van der Waals surface area (Å²) in [6, 6.07) is 16.9. The van der Waals surface area contributed by atoms with E-state index in [9.17, 15) is 0 Å². The van der Waals surface area contributed by atoms with Gasteiger partial charge in [0.2, 0.25) is 8.32 Å². The molecule has 0 saturated heterocycles. The van der Waals surface area contributed by atoms with Gasteiger partial charge in [0.05, 0.1) is 0 Å². The summed E-state index contributed by atoms with van der Waals surface area (Å²) in [5.41, 5.74) is 3.70. The van der Waals surface area contributed by atoms with Crippen molar-refractivity contribution >= 4 is 14.5 Å². The summed E-state index contributed by atoms with van der Waals surface area (Å²) < 4.78 is 6.45. The van der Waals surface area contributed by atoms with Crippen LogP contribution in [0.1, 0.15) is 37.5 Å². The van der Waals surface area contributed by atoms with E-state index >= 15 is 0 Å². The molecule has 0 spiro atoms. The molecule has 3 heteroatoms. The van der Waals surface area contributed by atoms with Gasteiger partial charge in [-0.3, -0.25) is 4.99 Å². The third-order valence-corrected chi connectivity index (χ3v) is 4.68. The van der Waals surface area contributed by atoms with Crippen molar-refractivity contribution in [2.45, 2.75) is 52.2 Å². The molecule has 2 rings (SSSR count). The highest BCUT2D eigenvalue weighted by Crippen LogP contribution is 2.35. The first-order valence-corrected chi connectivity index (χ1v) is 12.4. The number of rotatable bonds is 6. The molecule has 0 unspecified atom stereocenters. The Hall–Kier alpha value is -1.87. The van der Waals surface area contributed by atoms with Crippen molar-refractivity contribution in [3.05, 3.63) is 65.2 Å². The summed E-state index contributed by atoms with van der Waals surface area (Å²) in [5.74, 6) is 1.01. The van der Waals surface area contributed by atoms with Crippen LogP contribution in [0.4, 0.5) is 0 Å². The van der Waals surface area contributed by atoms with Crippen molar-refractivity contribution in [1.82, 2.24) is 0 Å². The maximum Gasteiger partial charge on any atom is 0.242 e. The molecule has 0 aliphatic heterocycles. The van der Waals surface area contributed by atoms with E-state index in [2.05, 4.69) is 87.9 Å². The second-order valence-electron chi connectivity index (χ2n) is 8.46. The maximum absolute atomic E-state index is 6.45. The van der Waals surface area contributed by atoms with Crippen LogP contribution in [0, 0.1) is 0 Å². The summed E-state index contributed by atoms with van der Waals surface area (Å²) in [7, 11) is -1.70. The predicted molar refractivity (Wildman–Crippen MR) is 112 cm³/mol. The number of hydrogen-bond donors (Lipinski definition) is 0. The standard InChI is InChI=1S/C22H31NOSi/c1-22(2,3)20-14-10-13-19(21(20)24-25(4,5)6)17-23-16-15-18-11-8-7-9-12-18/h7-14,17H,15-16H2,1-6H3. The fourth-order valence-electron chi connectivity index (χ4n) is 2.67. The van der Waals surface area contributed by atoms with Gasteiger partial charge in [0.15, 0.2) is 0 Å². The molecular weight excluding hydrogens is 322 g/mol. The van der Waals surface area contributed by atoms with Gasteiger partial charge in [0.1, 0.15) is 5.75 Å². The molecule has 0 radical (unpaired) electrons.